The minimum absolute atomic E-state index is 0.00608. The van der Waals surface area contributed by atoms with Crippen molar-refractivity contribution in [3.05, 3.63) is 68.9 Å². The number of hydrazine groups is 1. The van der Waals surface area contributed by atoms with E-state index in [4.69, 9.17) is 17.4 Å². The number of nitrogens with two attached hydrogens (primary N) is 1. The van der Waals surface area contributed by atoms with E-state index in [1.54, 1.807) is 6.07 Å². The Hall–Kier alpha value is -0.940. The fourth-order valence-electron chi connectivity index (χ4n) is 2.11. The molecule has 5 heteroatoms. The van der Waals surface area contributed by atoms with Crippen molar-refractivity contribution in [1.29, 1.82) is 0 Å². The Kier molecular flexibility index (Phi) is 5.54. The fourth-order valence-corrected chi connectivity index (χ4v) is 2.75. The maximum Gasteiger partial charge on any atom is 0.137 e. The summed E-state index contributed by atoms with van der Waals surface area (Å²) in [7, 11) is 0. The molecule has 0 heterocycles. The molecular formula is C15H15BrClFN2. The Balaban J connectivity index is 2.11. The van der Waals surface area contributed by atoms with Gasteiger partial charge in [0.05, 0.1) is 4.47 Å². The van der Waals surface area contributed by atoms with E-state index >= 15 is 0 Å². The standard InChI is InChI=1S/C15H15BrClFN2/c16-15-11(4-2-6-14(15)18)9-13(20-19)8-10-3-1-5-12(17)7-10/h1-7,13,20H,8-9,19H2. The lowest BCUT2D eigenvalue weighted by molar-refractivity contribution is 0.519. The Morgan fingerprint density at radius 3 is 2.65 bits per heavy atom. The van der Waals surface area contributed by atoms with Crippen molar-refractivity contribution in [2.24, 2.45) is 5.84 Å². The summed E-state index contributed by atoms with van der Waals surface area (Å²) < 4.78 is 14.0. The highest BCUT2D eigenvalue weighted by Gasteiger charge is 2.13. The van der Waals surface area contributed by atoms with Crippen molar-refractivity contribution in [3.63, 3.8) is 0 Å². The third kappa shape index (κ3) is 4.03. The lowest BCUT2D eigenvalue weighted by atomic mass is 9.99. The Labute approximate surface area is 131 Å². The van der Waals surface area contributed by atoms with Crippen molar-refractivity contribution in [2.45, 2.75) is 18.9 Å². The van der Waals surface area contributed by atoms with Gasteiger partial charge in [-0.15, -0.1) is 0 Å². The summed E-state index contributed by atoms with van der Waals surface area (Å²) in [5.74, 6) is 5.34. The largest absolute Gasteiger partial charge is 0.271 e. The molecule has 2 nitrogen and oxygen atoms in total. The molecule has 2 rings (SSSR count). The normalized spacial score (nSPS) is 12.4. The third-order valence-electron chi connectivity index (χ3n) is 3.10. The van der Waals surface area contributed by atoms with E-state index in [1.165, 1.54) is 6.07 Å². The molecule has 0 amide bonds. The van der Waals surface area contributed by atoms with Crippen LogP contribution in [0.15, 0.2) is 46.9 Å². The lowest BCUT2D eigenvalue weighted by Gasteiger charge is -2.17. The van der Waals surface area contributed by atoms with Crippen LogP contribution in [0.5, 0.6) is 0 Å². The molecule has 0 bridgehead atoms. The predicted octanol–water partition coefficient (Wildman–Crippen LogP) is 3.86. The van der Waals surface area contributed by atoms with E-state index < -0.39 is 0 Å². The monoisotopic (exact) mass is 356 g/mol. The second kappa shape index (κ2) is 7.18. The average molecular weight is 358 g/mol. The van der Waals surface area contributed by atoms with Crippen molar-refractivity contribution >= 4 is 27.5 Å². The van der Waals surface area contributed by atoms with Crippen LogP contribution >= 0.6 is 27.5 Å². The van der Waals surface area contributed by atoms with Gasteiger partial charge in [0.2, 0.25) is 0 Å². The molecule has 20 heavy (non-hydrogen) atoms. The molecule has 0 saturated carbocycles. The lowest BCUT2D eigenvalue weighted by Crippen LogP contribution is -2.38. The first kappa shape index (κ1) is 15.4. The predicted molar refractivity (Wildman–Crippen MR) is 84.1 cm³/mol. The second-order valence-corrected chi connectivity index (χ2v) is 5.84. The first-order valence-corrected chi connectivity index (χ1v) is 7.40. The minimum atomic E-state index is -0.263. The number of nitrogens with one attached hydrogen (secondary N) is 1. The molecule has 0 aliphatic rings. The maximum atomic E-state index is 13.5. The van der Waals surface area contributed by atoms with Gasteiger partial charge in [0.1, 0.15) is 5.82 Å². The Bertz CT molecular complexity index is 592. The first-order chi connectivity index (χ1) is 9.60. The average Bonchev–Trinajstić information content (AvgIpc) is 2.43. The minimum Gasteiger partial charge on any atom is -0.271 e. The van der Waals surface area contributed by atoms with Crippen molar-refractivity contribution < 1.29 is 4.39 Å². The Morgan fingerprint density at radius 2 is 1.95 bits per heavy atom. The zero-order valence-corrected chi connectivity index (χ0v) is 13.1. The van der Waals surface area contributed by atoms with Gasteiger partial charge in [0, 0.05) is 11.1 Å². The summed E-state index contributed by atoms with van der Waals surface area (Å²) in [4.78, 5) is 0. The highest BCUT2D eigenvalue weighted by Crippen LogP contribution is 2.22. The topological polar surface area (TPSA) is 38.0 Å². The quantitative estimate of drug-likeness (QED) is 0.630. The van der Waals surface area contributed by atoms with Crippen LogP contribution in [-0.2, 0) is 12.8 Å². The van der Waals surface area contributed by atoms with Gasteiger partial charge in [0.25, 0.3) is 0 Å². The summed E-state index contributed by atoms with van der Waals surface area (Å²) in [6.07, 6.45) is 1.35. The van der Waals surface area contributed by atoms with Gasteiger partial charge in [-0.2, -0.15) is 0 Å². The molecule has 0 radical (unpaired) electrons. The van der Waals surface area contributed by atoms with E-state index in [0.29, 0.717) is 15.9 Å². The number of rotatable bonds is 5. The molecule has 0 aliphatic heterocycles. The van der Waals surface area contributed by atoms with Gasteiger partial charge in [-0.05, 0) is 58.1 Å². The molecule has 1 unspecified atom stereocenters. The van der Waals surface area contributed by atoms with Crippen molar-refractivity contribution in [2.75, 3.05) is 0 Å². The molecule has 0 saturated heterocycles. The van der Waals surface area contributed by atoms with Crippen LogP contribution in [0.1, 0.15) is 11.1 Å². The SMILES string of the molecule is NNC(Cc1cccc(Cl)c1)Cc1cccc(F)c1Br. The number of hydrogen-bond donors (Lipinski definition) is 2. The molecule has 0 spiro atoms. The van der Waals surface area contributed by atoms with Crippen LogP contribution in [0.4, 0.5) is 4.39 Å². The summed E-state index contributed by atoms with van der Waals surface area (Å²) in [5, 5.41) is 0.699. The molecule has 3 N–H and O–H groups in total. The van der Waals surface area contributed by atoms with E-state index in [2.05, 4.69) is 21.4 Å². The summed E-state index contributed by atoms with van der Waals surface area (Å²) >= 11 is 9.24. The van der Waals surface area contributed by atoms with Crippen molar-refractivity contribution in [1.82, 2.24) is 5.43 Å². The summed E-state index contributed by atoms with van der Waals surface area (Å²) in [6.45, 7) is 0. The molecule has 1 atom stereocenters. The van der Waals surface area contributed by atoms with Crippen LogP contribution in [0.2, 0.25) is 5.02 Å². The zero-order valence-electron chi connectivity index (χ0n) is 10.7. The van der Waals surface area contributed by atoms with Crippen LogP contribution < -0.4 is 11.3 Å². The summed E-state index contributed by atoms with van der Waals surface area (Å²) in [6, 6.07) is 12.7. The fraction of sp³-hybridized carbons (Fsp3) is 0.200. The first-order valence-electron chi connectivity index (χ1n) is 6.23. The van der Waals surface area contributed by atoms with Gasteiger partial charge < -0.3 is 0 Å². The van der Waals surface area contributed by atoms with Gasteiger partial charge >= 0.3 is 0 Å². The molecule has 0 aliphatic carbocycles. The second-order valence-electron chi connectivity index (χ2n) is 4.61. The smallest absolute Gasteiger partial charge is 0.137 e. The highest BCUT2D eigenvalue weighted by atomic mass is 79.9. The van der Waals surface area contributed by atoms with Crippen LogP contribution in [0, 0.1) is 5.82 Å². The highest BCUT2D eigenvalue weighted by molar-refractivity contribution is 9.10. The van der Waals surface area contributed by atoms with E-state index in [-0.39, 0.29) is 11.9 Å². The zero-order chi connectivity index (χ0) is 14.5. The van der Waals surface area contributed by atoms with Gasteiger partial charge in [-0.3, -0.25) is 11.3 Å². The number of hydrogen-bond acceptors (Lipinski definition) is 2. The van der Waals surface area contributed by atoms with Gasteiger partial charge in [0.15, 0.2) is 0 Å². The number of benzene rings is 2. The Morgan fingerprint density at radius 1 is 1.20 bits per heavy atom. The van der Waals surface area contributed by atoms with E-state index in [1.807, 2.05) is 30.3 Å². The summed E-state index contributed by atoms with van der Waals surface area (Å²) in [5.41, 5.74) is 4.75. The van der Waals surface area contributed by atoms with Crippen LogP contribution in [0.3, 0.4) is 0 Å². The maximum absolute atomic E-state index is 13.5. The molecule has 2 aromatic rings. The molecule has 0 aromatic heterocycles. The third-order valence-corrected chi connectivity index (χ3v) is 4.23. The van der Waals surface area contributed by atoms with Crippen LogP contribution in [0.25, 0.3) is 0 Å². The van der Waals surface area contributed by atoms with E-state index in [0.717, 1.165) is 17.5 Å². The molecule has 106 valence electrons. The molecule has 0 fully saturated rings. The van der Waals surface area contributed by atoms with Gasteiger partial charge in [-0.1, -0.05) is 35.9 Å². The molecular weight excluding hydrogens is 343 g/mol. The van der Waals surface area contributed by atoms with Crippen molar-refractivity contribution in [3.8, 4) is 0 Å². The van der Waals surface area contributed by atoms with Gasteiger partial charge in [-0.25, -0.2) is 4.39 Å². The molecule has 2 aromatic carbocycles. The van der Waals surface area contributed by atoms with E-state index in [9.17, 15) is 4.39 Å². The van der Waals surface area contributed by atoms with Crippen LogP contribution in [-0.4, -0.2) is 6.04 Å². The number of halogens is 3.